The van der Waals surface area contributed by atoms with Gasteiger partial charge >= 0.3 is 0 Å². The SMILES string of the molecule is Cc1cc(O)c(C(=O)C(C)CN2CCNCC2)cc1Cl. The molecule has 0 aromatic heterocycles. The lowest BCUT2D eigenvalue weighted by atomic mass is 9.97. The molecular formula is C15H21ClN2O2. The highest BCUT2D eigenvalue weighted by atomic mass is 35.5. The first kappa shape index (κ1) is 15.3. The quantitative estimate of drug-likeness (QED) is 0.835. The maximum absolute atomic E-state index is 12.4. The highest BCUT2D eigenvalue weighted by Crippen LogP contribution is 2.27. The number of phenolic OH excluding ortho intramolecular Hbond substituents is 1. The van der Waals surface area contributed by atoms with Gasteiger partial charge in [-0.15, -0.1) is 0 Å². The summed E-state index contributed by atoms with van der Waals surface area (Å²) in [6, 6.07) is 3.12. The van der Waals surface area contributed by atoms with Crippen molar-refractivity contribution in [3.63, 3.8) is 0 Å². The van der Waals surface area contributed by atoms with Crippen molar-refractivity contribution in [2.24, 2.45) is 5.92 Å². The van der Waals surface area contributed by atoms with E-state index in [2.05, 4.69) is 10.2 Å². The number of nitrogens with zero attached hydrogens (tertiary/aromatic N) is 1. The molecule has 0 spiro atoms. The number of Topliss-reactive ketones (excluding diaryl/α,β-unsaturated/α-hetero) is 1. The van der Waals surface area contributed by atoms with E-state index in [1.165, 1.54) is 0 Å². The molecule has 1 aromatic carbocycles. The molecule has 1 aliphatic heterocycles. The van der Waals surface area contributed by atoms with E-state index >= 15 is 0 Å². The van der Waals surface area contributed by atoms with E-state index in [1.54, 1.807) is 19.1 Å². The molecule has 1 saturated heterocycles. The lowest BCUT2D eigenvalue weighted by Gasteiger charge is -2.29. The van der Waals surface area contributed by atoms with Gasteiger partial charge in [0.05, 0.1) is 5.56 Å². The Morgan fingerprint density at radius 3 is 2.75 bits per heavy atom. The van der Waals surface area contributed by atoms with Crippen molar-refractivity contribution in [3.8, 4) is 5.75 Å². The highest BCUT2D eigenvalue weighted by molar-refractivity contribution is 6.31. The van der Waals surface area contributed by atoms with Crippen molar-refractivity contribution in [2.75, 3.05) is 32.7 Å². The minimum absolute atomic E-state index is 0.0176. The average molecular weight is 297 g/mol. The third-order valence-electron chi connectivity index (χ3n) is 3.73. The number of carbonyl (C=O) groups excluding carboxylic acids is 1. The van der Waals surface area contributed by atoms with Crippen LogP contribution < -0.4 is 5.32 Å². The topological polar surface area (TPSA) is 52.6 Å². The van der Waals surface area contributed by atoms with Crippen LogP contribution in [0, 0.1) is 12.8 Å². The summed E-state index contributed by atoms with van der Waals surface area (Å²) >= 11 is 6.04. The van der Waals surface area contributed by atoms with Gasteiger partial charge in [0.15, 0.2) is 5.78 Å². The zero-order valence-electron chi connectivity index (χ0n) is 11.9. The van der Waals surface area contributed by atoms with Crippen molar-refractivity contribution in [1.29, 1.82) is 0 Å². The van der Waals surface area contributed by atoms with Gasteiger partial charge in [0.1, 0.15) is 5.75 Å². The van der Waals surface area contributed by atoms with E-state index in [1.807, 2.05) is 6.92 Å². The Morgan fingerprint density at radius 2 is 2.10 bits per heavy atom. The number of phenols is 1. The van der Waals surface area contributed by atoms with Crippen LogP contribution >= 0.6 is 11.6 Å². The molecule has 1 heterocycles. The Balaban J connectivity index is 2.08. The minimum atomic E-state index is -0.155. The predicted octanol–water partition coefficient (Wildman–Crippen LogP) is 2.08. The molecule has 0 aliphatic carbocycles. The summed E-state index contributed by atoms with van der Waals surface area (Å²) in [5.41, 5.74) is 1.10. The maximum atomic E-state index is 12.4. The second-order valence-electron chi connectivity index (χ2n) is 5.43. The van der Waals surface area contributed by atoms with Gasteiger partial charge in [-0.1, -0.05) is 18.5 Å². The lowest BCUT2D eigenvalue weighted by molar-refractivity contribution is 0.0884. The predicted molar refractivity (Wildman–Crippen MR) is 80.7 cm³/mol. The summed E-state index contributed by atoms with van der Waals surface area (Å²) in [5, 5.41) is 13.7. The number of nitrogens with one attached hydrogen (secondary N) is 1. The lowest BCUT2D eigenvalue weighted by Crippen LogP contribution is -2.45. The zero-order valence-corrected chi connectivity index (χ0v) is 12.7. The normalized spacial score (nSPS) is 17.9. The van der Waals surface area contributed by atoms with Gasteiger partial charge in [-0.3, -0.25) is 4.79 Å². The number of carbonyl (C=O) groups is 1. The van der Waals surface area contributed by atoms with Gasteiger partial charge in [0.2, 0.25) is 0 Å². The fourth-order valence-corrected chi connectivity index (χ4v) is 2.66. The minimum Gasteiger partial charge on any atom is -0.507 e. The molecule has 20 heavy (non-hydrogen) atoms. The molecule has 1 aromatic rings. The Bertz CT molecular complexity index is 499. The molecule has 1 fully saturated rings. The molecule has 2 rings (SSSR count). The van der Waals surface area contributed by atoms with Crippen LogP contribution in [0.4, 0.5) is 0 Å². The van der Waals surface area contributed by atoms with E-state index in [-0.39, 0.29) is 17.5 Å². The number of hydrogen-bond acceptors (Lipinski definition) is 4. The van der Waals surface area contributed by atoms with Crippen molar-refractivity contribution < 1.29 is 9.90 Å². The van der Waals surface area contributed by atoms with Crippen molar-refractivity contribution in [1.82, 2.24) is 10.2 Å². The van der Waals surface area contributed by atoms with Crippen LogP contribution in [0.1, 0.15) is 22.8 Å². The molecule has 0 saturated carbocycles. The fraction of sp³-hybridized carbons (Fsp3) is 0.533. The van der Waals surface area contributed by atoms with Crippen molar-refractivity contribution >= 4 is 17.4 Å². The molecule has 0 radical (unpaired) electrons. The summed E-state index contributed by atoms with van der Waals surface area (Å²) in [6.45, 7) is 8.26. The molecule has 0 amide bonds. The monoisotopic (exact) mass is 296 g/mol. The second kappa shape index (κ2) is 6.57. The van der Waals surface area contributed by atoms with Crippen LogP contribution in [0.25, 0.3) is 0 Å². The van der Waals surface area contributed by atoms with E-state index in [4.69, 9.17) is 11.6 Å². The van der Waals surface area contributed by atoms with E-state index in [0.29, 0.717) is 17.1 Å². The van der Waals surface area contributed by atoms with E-state index < -0.39 is 0 Å². The third kappa shape index (κ3) is 3.51. The van der Waals surface area contributed by atoms with Crippen LogP contribution in [-0.4, -0.2) is 48.5 Å². The van der Waals surface area contributed by atoms with Crippen LogP contribution in [-0.2, 0) is 0 Å². The summed E-state index contributed by atoms with van der Waals surface area (Å²) < 4.78 is 0. The van der Waals surface area contributed by atoms with Crippen LogP contribution in [0.5, 0.6) is 5.75 Å². The molecule has 1 unspecified atom stereocenters. The second-order valence-corrected chi connectivity index (χ2v) is 5.84. The highest BCUT2D eigenvalue weighted by Gasteiger charge is 2.22. The Kier molecular flexibility index (Phi) is 5.02. The zero-order chi connectivity index (χ0) is 14.7. The van der Waals surface area contributed by atoms with Crippen LogP contribution in [0.3, 0.4) is 0 Å². The largest absolute Gasteiger partial charge is 0.507 e. The molecule has 5 heteroatoms. The first-order valence-corrected chi connectivity index (χ1v) is 7.33. The number of benzene rings is 1. The Morgan fingerprint density at radius 1 is 1.45 bits per heavy atom. The number of ketones is 1. The first-order valence-electron chi connectivity index (χ1n) is 6.95. The summed E-state index contributed by atoms with van der Waals surface area (Å²) in [6.07, 6.45) is 0. The molecule has 1 aliphatic rings. The smallest absolute Gasteiger partial charge is 0.170 e. The van der Waals surface area contributed by atoms with Crippen molar-refractivity contribution in [2.45, 2.75) is 13.8 Å². The molecule has 0 bridgehead atoms. The molecular weight excluding hydrogens is 276 g/mol. The van der Waals surface area contributed by atoms with Gasteiger partial charge in [-0.05, 0) is 24.6 Å². The number of halogens is 1. The molecule has 110 valence electrons. The van der Waals surface area contributed by atoms with E-state index in [0.717, 1.165) is 31.7 Å². The standard InChI is InChI=1S/C15H21ClN2O2/c1-10-7-14(19)12(8-13(10)16)15(20)11(2)9-18-5-3-17-4-6-18/h7-8,11,17,19H,3-6,9H2,1-2H3. The number of piperazine rings is 1. The first-order chi connectivity index (χ1) is 9.49. The van der Waals surface area contributed by atoms with Gasteiger partial charge in [-0.25, -0.2) is 0 Å². The van der Waals surface area contributed by atoms with E-state index in [9.17, 15) is 9.90 Å². The van der Waals surface area contributed by atoms with Gasteiger partial charge in [0, 0.05) is 43.7 Å². The molecule has 1 atom stereocenters. The molecule has 4 nitrogen and oxygen atoms in total. The third-order valence-corrected chi connectivity index (χ3v) is 4.14. The van der Waals surface area contributed by atoms with Gasteiger partial charge in [0.25, 0.3) is 0 Å². The van der Waals surface area contributed by atoms with Gasteiger partial charge < -0.3 is 15.3 Å². The van der Waals surface area contributed by atoms with Gasteiger partial charge in [-0.2, -0.15) is 0 Å². The van der Waals surface area contributed by atoms with Crippen LogP contribution in [0.2, 0.25) is 5.02 Å². The summed E-state index contributed by atoms with van der Waals surface area (Å²) in [7, 11) is 0. The summed E-state index contributed by atoms with van der Waals surface area (Å²) in [4.78, 5) is 14.7. The number of aromatic hydroxyl groups is 1. The maximum Gasteiger partial charge on any atom is 0.170 e. The fourth-order valence-electron chi connectivity index (χ4n) is 2.49. The average Bonchev–Trinajstić information content (AvgIpc) is 2.43. The van der Waals surface area contributed by atoms with Crippen molar-refractivity contribution in [3.05, 3.63) is 28.3 Å². The molecule has 2 N–H and O–H groups in total. The van der Waals surface area contributed by atoms with Crippen LogP contribution in [0.15, 0.2) is 12.1 Å². The number of rotatable bonds is 4. The number of aryl methyl sites for hydroxylation is 1. The Labute approximate surface area is 124 Å². The summed E-state index contributed by atoms with van der Waals surface area (Å²) in [5.74, 6) is -0.190. The number of hydrogen-bond donors (Lipinski definition) is 2. The Hall–Kier alpha value is -1.10.